The number of sulfonamides is 1. The van der Waals surface area contributed by atoms with Crippen LogP contribution >= 0.6 is 0 Å². The lowest BCUT2D eigenvalue weighted by Gasteiger charge is -2.33. The summed E-state index contributed by atoms with van der Waals surface area (Å²) in [4.78, 5) is 24.1. The summed E-state index contributed by atoms with van der Waals surface area (Å²) < 4.78 is 27.3. The summed E-state index contributed by atoms with van der Waals surface area (Å²) in [5.74, 6) is -0.535. The molecule has 1 atom stereocenters. The number of piperidine rings is 1. The van der Waals surface area contributed by atoms with Crippen molar-refractivity contribution in [3.05, 3.63) is 54.6 Å². The van der Waals surface area contributed by atoms with E-state index in [2.05, 4.69) is 10.6 Å². The van der Waals surface area contributed by atoms with E-state index in [1.165, 1.54) is 11.2 Å². The predicted octanol–water partition coefficient (Wildman–Crippen LogP) is 2.83. The zero-order chi connectivity index (χ0) is 20.1. The molecular formula is C20H23N3O4S. The first kappa shape index (κ1) is 20.0. The molecule has 1 heterocycles. The van der Waals surface area contributed by atoms with Gasteiger partial charge in [-0.25, -0.2) is 8.42 Å². The first-order chi connectivity index (χ1) is 13.4. The molecule has 0 bridgehead atoms. The quantitative estimate of drug-likeness (QED) is 0.805. The minimum Gasteiger partial charge on any atom is -0.326 e. The maximum atomic E-state index is 13.0. The Hall–Kier alpha value is -2.71. The molecule has 1 unspecified atom stereocenters. The van der Waals surface area contributed by atoms with Crippen molar-refractivity contribution in [1.82, 2.24) is 4.31 Å². The van der Waals surface area contributed by atoms with Crippen LogP contribution in [0.2, 0.25) is 0 Å². The number of carbonyl (C=O) groups excluding carboxylic acids is 2. The molecule has 0 spiro atoms. The lowest BCUT2D eigenvalue weighted by atomic mass is 10.0. The molecule has 148 valence electrons. The van der Waals surface area contributed by atoms with Gasteiger partial charge in [-0.3, -0.25) is 9.59 Å². The number of rotatable bonds is 5. The van der Waals surface area contributed by atoms with E-state index in [9.17, 15) is 18.0 Å². The third-order valence-corrected chi connectivity index (χ3v) is 6.50. The van der Waals surface area contributed by atoms with Crippen molar-refractivity contribution in [1.29, 1.82) is 0 Å². The van der Waals surface area contributed by atoms with Crippen LogP contribution in [0.4, 0.5) is 11.4 Å². The van der Waals surface area contributed by atoms with Gasteiger partial charge in [0.05, 0.1) is 4.90 Å². The molecule has 1 fully saturated rings. The van der Waals surface area contributed by atoms with Crippen molar-refractivity contribution in [2.75, 3.05) is 17.2 Å². The summed E-state index contributed by atoms with van der Waals surface area (Å²) >= 11 is 0. The lowest BCUT2D eigenvalue weighted by Crippen LogP contribution is -2.49. The minimum atomic E-state index is -3.74. The number of nitrogens with zero attached hydrogens (tertiary/aromatic N) is 1. The zero-order valence-corrected chi connectivity index (χ0v) is 16.4. The van der Waals surface area contributed by atoms with Gasteiger partial charge in [-0.05, 0) is 49.2 Å². The first-order valence-corrected chi connectivity index (χ1v) is 10.6. The van der Waals surface area contributed by atoms with Gasteiger partial charge in [0.15, 0.2) is 0 Å². The predicted molar refractivity (Wildman–Crippen MR) is 107 cm³/mol. The van der Waals surface area contributed by atoms with Crippen molar-refractivity contribution in [2.24, 2.45) is 0 Å². The highest BCUT2D eigenvalue weighted by atomic mass is 32.2. The average Bonchev–Trinajstić information content (AvgIpc) is 2.70. The van der Waals surface area contributed by atoms with Crippen LogP contribution in [0, 0.1) is 0 Å². The Morgan fingerprint density at radius 1 is 0.929 bits per heavy atom. The Balaban J connectivity index is 1.76. The van der Waals surface area contributed by atoms with Gasteiger partial charge in [0.1, 0.15) is 6.04 Å². The van der Waals surface area contributed by atoms with Crippen LogP contribution < -0.4 is 10.6 Å². The van der Waals surface area contributed by atoms with E-state index in [-0.39, 0.29) is 16.7 Å². The fourth-order valence-corrected chi connectivity index (χ4v) is 4.93. The third kappa shape index (κ3) is 4.58. The van der Waals surface area contributed by atoms with Gasteiger partial charge in [-0.15, -0.1) is 0 Å². The molecule has 1 saturated heterocycles. The largest absolute Gasteiger partial charge is 0.326 e. The molecular weight excluding hydrogens is 378 g/mol. The van der Waals surface area contributed by atoms with E-state index in [1.54, 1.807) is 54.6 Å². The van der Waals surface area contributed by atoms with Gasteiger partial charge in [-0.2, -0.15) is 4.31 Å². The van der Waals surface area contributed by atoms with Crippen LogP contribution in [0.25, 0.3) is 0 Å². The highest BCUT2D eigenvalue weighted by molar-refractivity contribution is 7.89. The van der Waals surface area contributed by atoms with Crippen molar-refractivity contribution < 1.29 is 18.0 Å². The standard InChI is InChI=1S/C20H23N3O4S/c1-15(24)21-16-10-12-17(13-11-16)22-20(25)19-9-5-6-14-23(19)28(26,27)18-7-3-2-4-8-18/h2-4,7-8,10-13,19H,5-6,9,14H2,1H3,(H,21,24)(H,22,25). The Morgan fingerprint density at radius 2 is 1.54 bits per heavy atom. The van der Waals surface area contributed by atoms with Gasteiger partial charge in [-0.1, -0.05) is 24.6 Å². The number of nitrogens with one attached hydrogen (secondary N) is 2. The SMILES string of the molecule is CC(=O)Nc1ccc(NC(=O)C2CCCCN2S(=O)(=O)c2ccccc2)cc1. The maximum absolute atomic E-state index is 13.0. The second kappa shape index (κ2) is 8.53. The Morgan fingerprint density at radius 3 is 2.14 bits per heavy atom. The maximum Gasteiger partial charge on any atom is 0.243 e. The molecule has 0 aromatic heterocycles. The molecule has 3 rings (SSSR count). The summed E-state index contributed by atoms with van der Waals surface area (Å²) in [5.41, 5.74) is 1.16. The van der Waals surface area contributed by atoms with Crippen molar-refractivity contribution in [3.63, 3.8) is 0 Å². The number of carbonyl (C=O) groups is 2. The number of benzene rings is 2. The van der Waals surface area contributed by atoms with E-state index < -0.39 is 16.1 Å². The van der Waals surface area contributed by atoms with E-state index in [0.717, 1.165) is 12.8 Å². The molecule has 1 aliphatic heterocycles. The molecule has 28 heavy (non-hydrogen) atoms. The Bertz CT molecular complexity index is 943. The fourth-order valence-electron chi connectivity index (χ4n) is 3.25. The molecule has 0 aliphatic carbocycles. The van der Waals surface area contributed by atoms with Gasteiger partial charge < -0.3 is 10.6 Å². The topological polar surface area (TPSA) is 95.6 Å². The second-order valence-electron chi connectivity index (χ2n) is 6.69. The normalized spacial score (nSPS) is 17.7. The van der Waals surface area contributed by atoms with Crippen LogP contribution in [0.1, 0.15) is 26.2 Å². The molecule has 0 saturated carbocycles. The van der Waals surface area contributed by atoms with Crippen LogP contribution in [0.15, 0.2) is 59.5 Å². The first-order valence-electron chi connectivity index (χ1n) is 9.13. The molecule has 7 nitrogen and oxygen atoms in total. The number of hydrogen-bond donors (Lipinski definition) is 2. The van der Waals surface area contributed by atoms with Crippen molar-refractivity contribution >= 4 is 33.2 Å². The minimum absolute atomic E-state index is 0.180. The van der Waals surface area contributed by atoms with Crippen LogP contribution in [0.5, 0.6) is 0 Å². The molecule has 1 aliphatic rings. The Labute approximate surface area is 164 Å². The van der Waals surface area contributed by atoms with Crippen molar-refractivity contribution in [2.45, 2.75) is 37.1 Å². The zero-order valence-electron chi connectivity index (χ0n) is 15.6. The summed E-state index contributed by atoms with van der Waals surface area (Å²) in [7, 11) is -3.74. The highest BCUT2D eigenvalue weighted by Gasteiger charge is 2.37. The van der Waals surface area contributed by atoms with Gasteiger partial charge in [0.2, 0.25) is 21.8 Å². The van der Waals surface area contributed by atoms with E-state index >= 15 is 0 Å². The molecule has 2 amide bonds. The summed E-state index contributed by atoms with van der Waals surface area (Å²) in [5, 5.41) is 5.44. The van der Waals surface area contributed by atoms with E-state index in [4.69, 9.17) is 0 Å². The third-order valence-electron chi connectivity index (χ3n) is 4.58. The molecule has 0 radical (unpaired) electrons. The Kier molecular flexibility index (Phi) is 6.11. The average molecular weight is 401 g/mol. The summed E-state index contributed by atoms with van der Waals surface area (Å²) in [6, 6.07) is 14.1. The van der Waals surface area contributed by atoms with Gasteiger partial charge >= 0.3 is 0 Å². The fraction of sp³-hybridized carbons (Fsp3) is 0.300. The van der Waals surface area contributed by atoms with Crippen molar-refractivity contribution in [3.8, 4) is 0 Å². The van der Waals surface area contributed by atoms with Crippen LogP contribution in [-0.2, 0) is 19.6 Å². The van der Waals surface area contributed by atoms with E-state index in [1.807, 2.05) is 0 Å². The van der Waals surface area contributed by atoms with Gasteiger partial charge in [0, 0.05) is 24.8 Å². The number of anilines is 2. The molecule has 2 aromatic rings. The highest BCUT2D eigenvalue weighted by Crippen LogP contribution is 2.26. The molecule has 2 aromatic carbocycles. The lowest BCUT2D eigenvalue weighted by molar-refractivity contribution is -0.120. The number of amides is 2. The molecule has 8 heteroatoms. The van der Waals surface area contributed by atoms with Gasteiger partial charge in [0.25, 0.3) is 0 Å². The monoisotopic (exact) mass is 401 g/mol. The smallest absolute Gasteiger partial charge is 0.243 e. The summed E-state index contributed by atoms with van der Waals surface area (Å²) in [6.45, 7) is 1.73. The van der Waals surface area contributed by atoms with Crippen LogP contribution in [-0.4, -0.2) is 37.1 Å². The second-order valence-corrected chi connectivity index (χ2v) is 8.58. The number of hydrogen-bond acceptors (Lipinski definition) is 4. The summed E-state index contributed by atoms with van der Waals surface area (Å²) in [6.07, 6.45) is 1.99. The van der Waals surface area contributed by atoms with E-state index in [0.29, 0.717) is 24.3 Å². The van der Waals surface area contributed by atoms with Crippen LogP contribution in [0.3, 0.4) is 0 Å². The molecule has 2 N–H and O–H groups in total.